The largest absolute Gasteiger partial charge is 0.493 e. The second-order valence-corrected chi connectivity index (χ2v) is 5.49. The van der Waals surface area contributed by atoms with E-state index in [-0.39, 0.29) is 19.2 Å². The number of ether oxygens (including phenoxy) is 3. The SMILES string of the molecule is COc1cc(/C=N\NC(=O)Cn2nnc3ccccc32)cc2c1OCO2. The fourth-order valence-corrected chi connectivity index (χ4v) is 2.61. The van der Waals surface area contributed by atoms with Crippen LogP contribution in [0.4, 0.5) is 0 Å². The molecule has 9 heteroatoms. The number of hydrogen-bond donors (Lipinski definition) is 1. The highest BCUT2D eigenvalue weighted by Crippen LogP contribution is 2.41. The van der Waals surface area contributed by atoms with Crippen molar-refractivity contribution in [1.29, 1.82) is 0 Å². The van der Waals surface area contributed by atoms with Gasteiger partial charge in [0.1, 0.15) is 12.1 Å². The van der Waals surface area contributed by atoms with Crippen LogP contribution in [0.5, 0.6) is 17.2 Å². The van der Waals surface area contributed by atoms with E-state index in [0.717, 1.165) is 11.0 Å². The lowest BCUT2D eigenvalue weighted by atomic mass is 10.2. The minimum atomic E-state index is -0.315. The first kappa shape index (κ1) is 15.9. The fraction of sp³-hybridized carbons (Fsp3) is 0.176. The maximum Gasteiger partial charge on any atom is 0.261 e. The highest BCUT2D eigenvalue weighted by molar-refractivity contribution is 5.85. The van der Waals surface area contributed by atoms with Crippen molar-refractivity contribution in [3.05, 3.63) is 42.0 Å². The number of carbonyl (C=O) groups is 1. The molecule has 4 rings (SSSR count). The molecule has 0 fully saturated rings. The highest BCUT2D eigenvalue weighted by Gasteiger charge is 2.19. The molecule has 1 aromatic heterocycles. The molecule has 0 saturated heterocycles. The first-order chi connectivity index (χ1) is 12.7. The van der Waals surface area contributed by atoms with Gasteiger partial charge in [0.2, 0.25) is 12.5 Å². The Labute approximate surface area is 148 Å². The summed E-state index contributed by atoms with van der Waals surface area (Å²) >= 11 is 0. The summed E-state index contributed by atoms with van der Waals surface area (Å²) in [6, 6.07) is 10.9. The van der Waals surface area contributed by atoms with Crippen molar-refractivity contribution >= 4 is 23.2 Å². The Morgan fingerprint density at radius 2 is 2.27 bits per heavy atom. The molecule has 1 aliphatic heterocycles. The Kier molecular flexibility index (Phi) is 4.10. The van der Waals surface area contributed by atoms with E-state index in [1.807, 2.05) is 24.3 Å². The summed E-state index contributed by atoms with van der Waals surface area (Å²) in [5.74, 6) is 1.37. The minimum absolute atomic E-state index is 0.0162. The first-order valence-corrected chi connectivity index (χ1v) is 7.82. The summed E-state index contributed by atoms with van der Waals surface area (Å²) in [6.07, 6.45) is 1.50. The summed E-state index contributed by atoms with van der Waals surface area (Å²) in [5.41, 5.74) is 4.69. The second kappa shape index (κ2) is 6.71. The molecular weight excluding hydrogens is 338 g/mol. The maximum absolute atomic E-state index is 12.1. The van der Waals surface area contributed by atoms with Crippen molar-refractivity contribution in [2.75, 3.05) is 13.9 Å². The lowest BCUT2D eigenvalue weighted by Gasteiger charge is -2.05. The Hall–Kier alpha value is -3.62. The zero-order valence-corrected chi connectivity index (χ0v) is 13.9. The van der Waals surface area contributed by atoms with Gasteiger partial charge in [-0.05, 0) is 24.3 Å². The van der Waals surface area contributed by atoms with E-state index >= 15 is 0 Å². The summed E-state index contributed by atoms with van der Waals surface area (Å²) < 4.78 is 17.5. The highest BCUT2D eigenvalue weighted by atomic mass is 16.7. The normalized spacial score (nSPS) is 12.7. The fourth-order valence-electron chi connectivity index (χ4n) is 2.61. The molecule has 0 spiro atoms. The quantitative estimate of drug-likeness (QED) is 0.548. The molecule has 1 amide bonds. The molecule has 9 nitrogen and oxygen atoms in total. The summed E-state index contributed by atoms with van der Waals surface area (Å²) in [6.45, 7) is 0.164. The molecule has 0 saturated carbocycles. The van der Waals surface area contributed by atoms with Gasteiger partial charge in [-0.3, -0.25) is 4.79 Å². The van der Waals surface area contributed by atoms with Crippen LogP contribution in [0.25, 0.3) is 11.0 Å². The van der Waals surface area contributed by atoms with E-state index in [1.54, 1.807) is 19.2 Å². The summed E-state index contributed by atoms with van der Waals surface area (Å²) in [7, 11) is 1.54. The van der Waals surface area contributed by atoms with Crippen LogP contribution in [-0.4, -0.2) is 41.0 Å². The molecule has 26 heavy (non-hydrogen) atoms. The zero-order valence-electron chi connectivity index (χ0n) is 13.9. The van der Waals surface area contributed by atoms with E-state index in [4.69, 9.17) is 14.2 Å². The Morgan fingerprint density at radius 1 is 1.38 bits per heavy atom. The Bertz CT molecular complexity index is 998. The average molecular weight is 353 g/mol. The first-order valence-electron chi connectivity index (χ1n) is 7.82. The molecule has 0 bridgehead atoms. The number of nitrogens with one attached hydrogen (secondary N) is 1. The van der Waals surface area contributed by atoms with Crippen molar-refractivity contribution in [2.24, 2.45) is 5.10 Å². The molecule has 2 heterocycles. The monoisotopic (exact) mass is 353 g/mol. The van der Waals surface area contributed by atoms with Gasteiger partial charge >= 0.3 is 0 Å². The van der Waals surface area contributed by atoms with Crippen molar-refractivity contribution in [2.45, 2.75) is 6.54 Å². The van der Waals surface area contributed by atoms with Gasteiger partial charge in [0.05, 0.1) is 18.8 Å². The van der Waals surface area contributed by atoms with Crippen molar-refractivity contribution < 1.29 is 19.0 Å². The number of para-hydroxylation sites is 1. The second-order valence-electron chi connectivity index (χ2n) is 5.49. The van der Waals surface area contributed by atoms with Gasteiger partial charge in [-0.15, -0.1) is 5.10 Å². The van der Waals surface area contributed by atoms with Crippen LogP contribution >= 0.6 is 0 Å². The van der Waals surface area contributed by atoms with Crippen molar-refractivity contribution in [3.8, 4) is 17.2 Å². The van der Waals surface area contributed by atoms with Gasteiger partial charge in [-0.1, -0.05) is 17.3 Å². The number of carbonyl (C=O) groups excluding carboxylic acids is 1. The summed E-state index contributed by atoms with van der Waals surface area (Å²) in [5, 5.41) is 11.9. The third kappa shape index (κ3) is 3.02. The number of hydrazone groups is 1. The Morgan fingerprint density at radius 3 is 3.15 bits per heavy atom. The molecule has 0 radical (unpaired) electrons. The molecule has 3 aromatic rings. The number of hydrogen-bond acceptors (Lipinski definition) is 7. The predicted octanol–water partition coefficient (Wildman–Crippen LogP) is 1.32. The van der Waals surface area contributed by atoms with Gasteiger partial charge in [0.15, 0.2) is 11.5 Å². The molecule has 1 aliphatic rings. The van der Waals surface area contributed by atoms with Gasteiger partial charge in [-0.2, -0.15) is 5.10 Å². The lowest BCUT2D eigenvalue weighted by molar-refractivity contribution is -0.121. The molecule has 132 valence electrons. The minimum Gasteiger partial charge on any atom is -0.493 e. The van der Waals surface area contributed by atoms with Crippen LogP contribution in [0.1, 0.15) is 5.56 Å². The summed E-state index contributed by atoms with van der Waals surface area (Å²) in [4.78, 5) is 12.1. The number of methoxy groups -OCH3 is 1. The Balaban J connectivity index is 1.43. The number of amides is 1. The number of nitrogens with zero attached hydrogens (tertiary/aromatic N) is 4. The average Bonchev–Trinajstić information content (AvgIpc) is 3.28. The molecule has 2 aromatic carbocycles. The van der Waals surface area contributed by atoms with E-state index in [1.165, 1.54) is 10.9 Å². The zero-order chi connectivity index (χ0) is 17.9. The van der Waals surface area contributed by atoms with Crippen molar-refractivity contribution in [3.63, 3.8) is 0 Å². The van der Waals surface area contributed by atoms with Crippen LogP contribution in [0.3, 0.4) is 0 Å². The topological polar surface area (TPSA) is 99.9 Å². The van der Waals surface area contributed by atoms with E-state index in [9.17, 15) is 4.79 Å². The third-order valence-electron chi connectivity index (χ3n) is 3.80. The molecule has 1 N–H and O–H groups in total. The van der Waals surface area contributed by atoms with Crippen LogP contribution < -0.4 is 19.6 Å². The standard InChI is InChI=1S/C17H15N5O4/c1-24-14-6-11(7-15-17(14)26-10-25-15)8-18-20-16(23)9-22-13-5-3-2-4-12(13)19-21-22/h2-8H,9-10H2,1H3,(H,20,23)/b18-8-. The van der Waals surface area contributed by atoms with E-state index < -0.39 is 0 Å². The number of fused-ring (bicyclic) bond motifs is 2. The number of aromatic nitrogens is 3. The number of benzene rings is 2. The van der Waals surface area contributed by atoms with Crippen LogP contribution in [-0.2, 0) is 11.3 Å². The third-order valence-corrected chi connectivity index (χ3v) is 3.80. The molecular formula is C17H15N5O4. The predicted molar refractivity (Wildman–Crippen MR) is 92.4 cm³/mol. The van der Waals surface area contributed by atoms with Crippen LogP contribution in [0.2, 0.25) is 0 Å². The van der Waals surface area contributed by atoms with E-state index in [0.29, 0.717) is 22.8 Å². The van der Waals surface area contributed by atoms with E-state index in [2.05, 4.69) is 20.8 Å². The smallest absolute Gasteiger partial charge is 0.261 e. The lowest BCUT2D eigenvalue weighted by Crippen LogP contribution is -2.23. The van der Waals surface area contributed by atoms with Gasteiger partial charge < -0.3 is 14.2 Å². The van der Waals surface area contributed by atoms with Crippen LogP contribution in [0, 0.1) is 0 Å². The van der Waals surface area contributed by atoms with Gasteiger partial charge in [0, 0.05) is 5.56 Å². The van der Waals surface area contributed by atoms with Gasteiger partial charge in [-0.25, -0.2) is 10.1 Å². The number of rotatable bonds is 5. The maximum atomic E-state index is 12.1. The molecule has 0 aliphatic carbocycles. The van der Waals surface area contributed by atoms with Crippen molar-refractivity contribution in [1.82, 2.24) is 20.4 Å². The van der Waals surface area contributed by atoms with Crippen LogP contribution in [0.15, 0.2) is 41.5 Å². The molecule has 0 unspecified atom stereocenters. The van der Waals surface area contributed by atoms with Gasteiger partial charge in [0.25, 0.3) is 5.91 Å². The molecule has 0 atom stereocenters.